The molecule has 0 bridgehead atoms. The lowest BCUT2D eigenvalue weighted by molar-refractivity contribution is 0.0628. The number of benzene rings is 2. The second-order valence-corrected chi connectivity index (χ2v) is 4.28. The number of hydrogen-bond acceptors (Lipinski definition) is 4. The van der Waals surface area contributed by atoms with Crippen molar-refractivity contribution in [2.45, 2.75) is 6.10 Å². The number of Topliss-reactive ketones (excluding diaryl/α,β-unsaturated/α-hetero) is 1. The first-order valence-electron chi connectivity index (χ1n) is 5.96. The third-order valence-electron chi connectivity index (χ3n) is 2.93. The minimum Gasteiger partial charge on any atom is -0.508 e. The van der Waals surface area contributed by atoms with Gasteiger partial charge >= 0.3 is 0 Å². The molecule has 1 heterocycles. The Balaban J connectivity index is 1.84. The van der Waals surface area contributed by atoms with Gasteiger partial charge in [-0.2, -0.15) is 0 Å². The molecule has 1 atom stereocenters. The summed E-state index contributed by atoms with van der Waals surface area (Å²) in [7, 11) is 0. The lowest BCUT2D eigenvalue weighted by Crippen LogP contribution is -2.37. The van der Waals surface area contributed by atoms with Gasteiger partial charge in [0.25, 0.3) is 0 Å². The maximum Gasteiger partial charge on any atom is 0.210 e. The molecule has 0 amide bonds. The minimum absolute atomic E-state index is 0.0778. The monoisotopic (exact) mass is 256 g/mol. The number of phenols is 1. The molecule has 4 nitrogen and oxygen atoms in total. The molecule has 0 spiro atoms. The summed E-state index contributed by atoms with van der Waals surface area (Å²) in [5.41, 5.74) is 0.435. The van der Waals surface area contributed by atoms with Crippen LogP contribution in [0.4, 0.5) is 0 Å². The second kappa shape index (κ2) is 4.65. The molecule has 4 heteroatoms. The molecule has 1 aliphatic heterocycles. The van der Waals surface area contributed by atoms with Crippen molar-refractivity contribution in [2.24, 2.45) is 0 Å². The first-order chi connectivity index (χ1) is 9.24. The van der Waals surface area contributed by atoms with Crippen LogP contribution in [-0.2, 0) is 0 Å². The van der Waals surface area contributed by atoms with E-state index in [1.165, 1.54) is 12.1 Å². The van der Waals surface area contributed by atoms with Crippen LogP contribution < -0.4 is 9.47 Å². The molecule has 0 aromatic heterocycles. The highest BCUT2D eigenvalue weighted by Gasteiger charge is 2.30. The van der Waals surface area contributed by atoms with Crippen molar-refractivity contribution >= 4 is 5.78 Å². The maximum atomic E-state index is 12.2. The van der Waals surface area contributed by atoms with E-state index in [0.717, 1.165) is 0 Å². The zero-order valence-corrected chi connectivity index (χ0v) is 10.1. The van der Waals surface area contributed by atoms with E-state index in [0.29, 0.717) is 17.1 Å². The van der Waals surface area contributed by atoms with Crippen molar-refractivity contribution in [2.75, 3.05) is 6.61 Å². The van der Waals surface area contributed by atoms with Gasteiger partial charge in [-0.25, -0.2) is 0 Å². The standard InChI is InChI=1S/C15H12O4/c16-10-6-7-12-13(8-10)18-9-14(15(12)17)19-11-4-2-1-3-5-11/h1-8,14,16H,9H2. The van der Waals surface area contributed by atoms with E-state index in [2.05, 4.69) is 0 Å². The molecular weight excluding hydrogens is 244 g/mol. The average molecular weight is 256 g/mol. The van der Waals surface area contributed by atoms with Crippen molar-refractivity contribution in [3.8, 4) is 17.2 Å². The quantitative estimate of drug-likeness (QED) is 0.896. The summed E-state index contributed by atoms with van der Waals surface area (Å²) < 4.78 is 11.1. The lowest BCUT2D eigenvalue weighted by Gasteiger charge is -2.24. The van der Waals surface area contributed by atoms with Gasteiger partial charge in [-0.1, -0.05) is 18.2 Å². The molecule has 1 N–H and O–H groups in total. The van der Waals surface area contributed by atoms with Crippen LogP contribution in [0.2, 0.25) is 0 Å². The molecule has 1 unspecified atom stereocenters. The molecule has 0 fully saturated rings. The van der Waals surface area contributed by atoms with E-state index in [1.54, 1.807) is 18.2 Å². The van der Waals surface area contributed by atoms with E-state index in [1.807, 2.05) is 18.2 Å². The highest BCUT2D eigenvalue weighted by molar-refractivity contribution is 6.03. The van der Waals surface area contributed by atoms with Crippen LogP contribution in [0.1, 0.15) is 10.4 Å². The lowest BCUT2D eigenvalue weighted by atomic mass is 10.0. The molecular formula is C15H12O4. The van der Waals surface area contributed by atoms with Crippen LogP contribution >= 0.6 is 0 Å². The molecule has 0 aliphatic carbocycles. The Labute approximate surface area is 110 Å². The van der Waals surface area contributed by atoms with Crippen molar-refractivity contribution in [1.29, 1.82) is 0 Å². The van der Waals surface area contributed by atoms with Gasteiger partial charge in [0.05, 0.1) is 5.56 Å². The number of carbonyl (C=O) groups excluding carboxylic acids is 1. The maximum absolute atomic E-state index is 12.2. The van der Waals surface area contributed by atoms with Gasteiger partial charge in [0.15, 0.2) is 6.10 Å². The molecule has 0 radical (unpaired) electrons. The van der Waals surface area contributed by atoms with Gasteiger partial charge < -0.3 is 14.6 Å². The Morgan fingerprint density at radius 1 is 1.16 bits per heavy atom. The molecule has 2 aromatic carbocycles. The van der Waals surface area contributed by atoms with Crippen LogP contribution in [0.3, 0.4) is 0 Å². The van der Waals surface area contributed by atoms with Crippen LogP contribution in [0.5, 0.6) is 17.2 Å². The van der Waals surface area contributed by atoms with Crippen LogP contribution in [0, 0.1) is 0 Å². The predicted octanol–water partition coefficient (Wildman–Crippen LogP) is 2.41. The first kappa shape index (κ1) is 11.6. The number of rotatable bonds is 2. The molecule has 96 valence electrons. The normalized spacial score (nSPS) is 17.5. The summed E-state index contributed by atoms with van der Waals surface area (Å²) in [5, 5.41) is 9.35. The number of ketones is 1. The Hall–Kier alpha value is -2.49. The number of hydrogen-bond donors (Lipinski definition) is 1. The number of para-hydroxylation sites is 1. The Kier molecular flexibility index (Phi) is 2.83. The summed E-state index contributed by atoms with van der Waals surface area (Å²) >= 11 is 0. The number of carbonyl (C=O) groups is 1. The fourth-order valence-corrected chi connectivity index (χ4v) is 2.00. The summed E-state index contributed by atoms with van der Waals surface area (Å²) in [5.74, 6) is 0.976. The third kappa shape index (κ3) is 2.25. The molecule has 3 rings (SSSR count). The summed E-state index contributed by atoms with van der Waals surface area (Å²) in [6.45, 7) is 0.143. The summed E-state index contributed by atoms with van der Waals surface area (Å²) in [6, 6.07) is 13.6. The molecule has 0 saturated heterocycles. The van der Waals surface area contributed by atoms with Crippen molar-refractivity contribution in [3.05, 3.63) is 54.1 Å². The van der Waals surface area contributed by atoms with Crippen molar-refractivity contribution in [1.82, 2.24) is 0 Å². The summed E-state index contributed by atoms with van der Waals surface area (Å²) in [6.07, 6.45) is -0.653. The SMILES string of the molecule is O=C1c2ccc(O)cc2OCC1Oc1ccccc1. The first-order valence-corrected chi connectivity index (χ1v) is 5.96. The van der Waals surface area contributed by atoms with Gasteiger partial charge in [0, 0.05) is 6.07 Å². The molecule has 19 heavy (non-hydrogen) atoms. The Bertz CT molecular complexity index is 607. The van der Waals surface area contributed by atoms with E-state index >= 15 is 0 Å². The Morgan fingerprint density at radius 2 is 1.95 bits per heavy atom. The van der Waals surface area contributed by atoms with E-state index < -0.39 is 6.10 Å². The number of aromatic hydroxyl groups is 1. The van der Waals surface area contributed by atoms with Crippen molar-refractivity contribution < 1.29 is 19.4 Å². The minimum atomic E-state index is -0.653. The van der Waals surface area contributed by atoms with Crippen LogP contribution in [0.15, 0.2) is 48.5 Å². The number of fused-ring (bicyclic) bond motifs is 1. The van der Waals surface area contributed by atoms with Crippen LogP contribution in [0.25, 0.3) is 0 Å². The topological polar surface area (TPSA) is 55.8 Å². The number of ether oxygens (including phenoxy) is 2. The molecule has 2 aromatic rings. The largest absolute Gasteiger partial charge is 0.508 e. The predicted molar refractivity (Wildman–Crippen MR) is 68.8 cm³/mol. The second-order valence-electron chi connectivity index (χ2n) is 4.28. The third-order valence-corrected chi connectivity index (χ3v) is 2.93. The van der Waals surface area contributed by atoms with Crippen molar-refractivity contribution in [3.63, 3.8) is 0 Å². The average Bonchev–Trinajstić information content (AvgIpc) is 2.43. The molecule has 0 saturated carbocycles. The van der Waals surface area contributed by atoms with Gasteiger partial charge in [0.1, 0.15) is 23.9 Å². The van der Waals surface area contributed by atoms with Gasteiger partial charge in [-0.15, -0.1) is 0 Å². The van der Waals surface area contributed by atoms with E-state index in [9.17, 15) is 9.90 Å². The highest BCUT2D eigenvalue weighted by atomic mass is 16.5. The zero-order chi connectivity index (χ0) is 13.2. The van der Waals surface area contributed by atoms with E-state index in [-0.39, 0.29) is 18.1 Å². The number of phenolic OH excluding ortho intramolecular Hbond substituents is 1. The van der Waals surface area contributed by atoms with Gasteiger partial charge in [-0.05, 0) is 24.3 Å². The fraction of sp³-hybridized carbons (Fsp3) is 0.133. The highest BCUT2D eigenvalue weighted by Crippen LogP contribution is 2.29. The van der Waals surface area contributed by atoms with Gasteiger partial charge in [-0.3, -0.25) is 4.79 Å². The zero-order valence-electron chi connectivity index (χ0n) is 10.1. The van der Waals surface area contributed by atoms with Crippen LogP contribution in [-0.4, -0.2) is 23.6 Å². The Morgan fingerprint density at radius 3 is 2.74 bits per heavy atom. The summed E-state index contributed by atoms with van der Waals surface area (Å²) in [4.78, 5) is 12.2. The van der Waals surface area contributed by atoms with E-state index in [4.69, 9.17) is 9.47 Å². The molecule has 1 aliphatic rings. The smallest absolute Gasteiger partial charge is 0.210 e. The fourth-order valence-electron chi connectivity index (χ4n) is 2.00. The van der Waals surface area contributed by atoms with Gasteiger partial charge in [0.2, 0.25) is 5.78 Å².